The number of aromatic amines is 1. The highest BCUT2D eigenvalue weighted by molar-refractivity contribution is 6.32. The molecule has 2 heterocycles. The highest BCUT2D eigenvalue weighted by Gasteiger charge is 2.18. The van der Waals surface area contributed by atoms with Crippen molar-refractivity contribution in [3.8, 4) is 5.75 Å². The number of hydrogen-bond acceptors (Lipinski definition) is 3. The van der Waals surface area contributed by atoms with E-state index in [2.05, 4.69) is 21.6 Å². The highest BCUT2D eigenvalue weighted by atomic mass is 35.5. The Balaban J connectivity index is 1.92. The monoisotopic (exact) mass is 291 g/mol. The summed E-state index contributed by atoms with van der Waals surface area (Å²) in [5, 5.41) is 11.0. The van der Waals surface area contributed by atoms with E-state index in [-0.39, 0.29) is 6.10 Å². The zero-order valence-electron chi connectivity index (χ0n) is 11.4. The third-order valence-electron chi connectivity index (χ3n) is 3.69. The van der Waals surface area contributed by atoms with E-state index in [1.54, 1.807) is 6.20 Å². The molecular formula is C15H18ClN3O. The molecule has 0 spiro atoms. The maximum absolute atomic E-state index is 6.35. The van der Waals surface area contributed by atoms with Crippen LogP contribution in [-0.2, 0) is 12.8 Å². The van der Waals surface area contributed by atoms with E-state index in [0.29, 0.717) is 5.02 Å². The first-order valence-corrected chi connectivity index (χ1v) is 7.30. The van der Waals surface area contributed by atoms with Crippen molar-refractivity contribution in [3.63, 3.8) is 0 Å². The molecule has 0 radical (unpaired) electrons. The Bertz CT molecular complexity index is 583. The number of halogens is 1. The van der Waals surface area contributed by atoms with Crippen LogP contribution in [0.5, 0.6) is 5.75 Å². The van der Waals surface area contributed by atoms with Gasteiger partial charge in [-0.25, -0.2) is 0 Å². The van der Waals surface area contributed by atoms with Gasteiger partial charge in [0.15, 0.2) is 0 Å². The van der Waals surface area contributed by atoms with Crippen LogP contribution in [0.1, 0.15) is 29.8 Å². The summed E-state index contributed by atoms with van der Waals surface area (Å²) in [7, 11) is 0. The van der Waals surface area contributed by atoms with Crippen molar-refractivity contribution in [2.45, 2.75) is 25.9 Å². The first-order valence-electron chi connectivity index (χ1n) is 6.92. The number of rotatable bonds is 3. The predicted molar refractivity (Wildman–Crippen MR) is 79.4 cm³/mol. The van der Waals surface area contributed by atoms with Gasteiger partial charge >= 0.3 is 0 Å². The number of nitrogens with one attached hydrogen (secondary N) is 2. The molecular weight excluding hydrogens is 274 g/mol. The van der Waals surface area contributed by atoms with E-state index in [1.807, 2.05) is 19.1 Å². The number of H-pyrrole nitrogens is 1. The smallest absolute Gasteiger partial charge is 0.142 e. The topological polar surface area (TPSA) is 49.9 Å². The summed E-state index contributed by atoms with van der Waals surface area (Å²) >= 11 is 6.35. The van der Waals surface area contributed by atoms with E-state index in [1.165, 1.54) is 11.1 Å². The second-order valence-electron chi connectivity index (χ2n) is 5.04. The Morgan fingerprint density at radius 3 is 2.90 bits per heavy atom. The van der Waals surface area contributed by atoms with Gasteiger partial charge in [0.05, 0.1) is 10.7 Å². The van der Waals surface area contributed by atoms with Crippen LogP contribution >= 0.6 is 11.6 Å². The van der Waals surface area contributed by atoms with Gasteiger partial charge in [0.2, 0.25) is 0 Å². The summed E-state index contributed by atoms with van der Waals surface area (Å²) in [6.45, 7) is 3.96. The summed E-state index contributed by atoms with van der Waals surface area (Å²) in [5.41, 5.74) is 3.51. The highest BCUT2D eigenvalue weighted by Crippen LogP contribution is 2.35. The van der Waals surface area contributed by atoms with E-state index >= 15 is 0 Å². The van der Waals surface area contributed by atoms with Crippen LogP contribution in [0.4, 0.5) is 0 Å². The van der Waals surface area contributed by atoms with Crippen LogP contribution < -0.4 is 10.1 Å². The third kappa shape index (κ3) is 2.67. The number of aromatic nitrogens is 2. The van der Waals surface area contributed by atoms with Crippen molar-refractivity contribution in [2.75, 3.05) is 13.1 Å². The second-order valence-corrected chi connectivity index (χ2v) is 5.44. The molecule has 1 aliphatic heterocycles. The normalized spacial score (nSPS) is 16.3. The van der Waals surface area contributed by atoms with Crippen molar-refractivity contribution in [1.29, 1.82) is 0 Å². The Kier molecular flexibility index (Phi) is 3.94. The largest absolute Gasteiger partial charge is 0.483 e. The van der Waals surface area contributed by atoms with Crippen molar-refractivity contribution >= 4 is 11.6 Å². The Hall–Kier alpha value is -1.52. The average molecular weight is 292 g/mol. The summed E-state index contributed by atoms with van der Waals surface area (Å²) in [5.74, 6) is 0.815. The van der Waals surface area contributed by atoms with Gasteiger partial charge in [-0.1, -0.05) is 17.7 Å². The van der Waals surface area contributed by atoms with Gasteiger partial charge in [-0.05, 0) is 50.6 Å². The molecule has 0 saturated carbocycles. The molecule has 0 aliphatic carbocycles. The SMILES string of the molecule is CC(Oc1c(Cl)ccc2c1CCNCC2)c1ccn[nH]1. The van der Waals surface area contributed by atoms with Gasteiger partial charge in [-0.15, -0.1) is 0 Å². The molecule has 0 amide bonds. The lowest BCUT2D eigenvalue weighted by molar-refractivity contribution is 0.219. The fraction of sp³-hybridized carbons (Fsp3) is 0.400. The minimum atomic E-state index is -0.0993. The maximum atomic E-state index is 6.35. The molecule has 1 atom stereocenters. The Labute approximate surface area is 123 Å². The van der Waals surface area contributed by atoms with Crippen LogP contribution in [0.25, 0.3) is 0 Å². The fourth-order valence-corrected chi connectivity index (χ4v) is 2.79. The summed E-state index contributed by atoms with van der Waals surface area (Å²) in [6, 6.07) is 5.96. The predicted octanol–water partition coefficient (Wildman–Crippen LogP) is 2.89. The first kappa shape index (κ1) is 13.5. The minimum Gasteiger partial charge on any atom is -0.483 e. The standard InChI is InChI=1S/C15H18ClN3O/c1-10(14-6-9-18-19-14)20-15-12-5-8-17-7-4-11(12)2-3-13(15)16/h2-3,6,9-10,17H,4-5,7-8H2,1H3,(H,18,19). The van der Waals surface area contributed by atoms with Crippen LogP contribution in [0, 0.1) is 0 Å². The molecule has 1 aromatic heterocycles. The van der Waals surface area contributed by atoms with Crippen LogP contribution in [0.15, 0.2) is 24.4 Å². The Morgan fingerprint density at radius 1 is 1.25 bits per heavy atom. The van der Waals surface area contributed by atoms with Gasteiger partial charge < -0.3 is 10.1 Å². The van der Waals surface area contributed by atoms with Gasteiger partial charge in [0.1, 0.15) is 11.9 Å². The van der Waals surface area contributed by atoms with Crippen molar-refractivity contribution in [2.24, 2.45) is 0 Å². The van der Waals surface area contributed by atoms with Crippen molar-refractivity contribution in [1.82, 2.24) is 15.5 Å². The lowest BCUT2D eigenvalue weighted by Crippen LogP contribution is -2.16. The quantitative estimate of drug-likeness (QED) is 0.914. The molecule has 1 aromatic carbocycles. The minimum absolute atomic E-state index is 0.0993. The van der Waals surface area contributed by atoms with Gasteiger partial charge in [-0.2, -0.15) is 5.10 Å². The molecule has 106 valence electrons. The van der Waals surface area contributed by atoms with E-state index in [4.69, 9.17) is 16.3 Å². The fourth-order valence-electron chi connectivity index (χ4n) is 2.57. The molecule has 20 heavy (non-hydrogen) atoms. The number of fused-ring (bicyclic) bond motifs is 1. The van der Waals surface area contributed by atoms with Gasteiger partial charge in [0.25, 0.3) is 0 Å². The number of benzene rings is 1. The van der Waals surface area contributed by atoms with Gasteiger partial charge in [0, 0.05) is 11.8 Å². The second kappa shape index (κ2) is 5.85. The number of ether oxygens (including phenoxy) is 1. The van der Waals surface area contributed by atoms with E-state index in [0.717, 1.165) is 37.4 Å². The zero-order chi connectivity index (χ0) is 13.9. The first-order chi connectivity index (χ1) is 9.75. The molecule has 5 heteroatoms. The molecule has 1 aliphatic rings. The number of hydrogen-bond donors (Lipinski definition) is 2. The maximum Gasteiger partial charge on any atom is 0.142 e. The van der Waals surface area contributed by atoms with Crippen LogP contribution in [0.2, 0.25) is 5.02 Å². The average Bonchev–Trinajstić information content (AvgIpc) is 2.88. The zero-order valence-corrected chi connectivity index (χ0v) is 12.2. The molecule has 2 N–H and O–H groups in total. The molecule has 2 aromatic rings. The molecule has 0 saturated heterocycles. The van der Waals surface area contributed by atoms with E-state index < -0.39 is 0 Å². The molecule has 3 rings (SSSR count). The van der Waals surface area contributed by atoms with Crippen LogP contribution in [0.3, 0.4) is 0 Å². The lowest BCUT2D eigenvalue weighted by atomic mass is 10.0. The number of nitrogens with zero attached hydrogens (tertiary/aromatic N) is 1. The van der Waals surface area contributed by atoms with E-state index in [9.17, 15) is 0 Å². The molecule has 0 bridgehead atoms. The van der Waals surface area contributed by atoms with Crippen molar-refractivity contribution in [3.05, 3.63) is 46.2 Å². The lowest BCUT2D eigenvalue weighted by Gasteiger charge is -2.19. The molecule has 0 fully saturated rings. The third-order valence-corrected chi connectivity index (χ3v) is 3.98. The summed E-state index contributed by atoms with van der Waals surface area (Å²) in [6.07, 6.45) is 3.59. The van der Waals surface area contributed by atoms with Gasteiger partial charge in [-0.3, -0.25) is 5.10 Å². The molecule has 1 unspecified atom stereocenters. The summed E-state index contributed by atoms with van der Waals surface area (Å²) in [4.78, 5) is 0. The van der Waals surface area contributed by atoms with Crippen molar-refractivity contribution < 1.29 is 4.74 Å². The molecule has 4 nitrogen and oxygen atoms in total. The Morgan fingerprint density at radius 2 is 2.10 bits per heavy atom. The summed E-state index contributed by atoms with van der Waals surface area (Å²) < 4.78 is 6.11. The van der Waals surface area contributed by atoms with Crippen LogP contribution in [-0.4, -0.2) is 23.3 Å².